The van der Waals surface area contributed by atoms with Gasteiger partial charge in [0.05, 0.1) is 29.1 Å². The van der Waals surface area contributed by atoms with Crippen molar-refractivity contribution in [3.05, 3.63) is 47.1 Å². The van der Waals surface area contributed by atoms with E-state index in [1.165, 1.54) is 19.2 Å². The van der Waals surface area contributed by atoms with Gasteiger partial charge < -0.3 is 10.2 Å². The summed E-state index contributed by atoms with van der Waals surface area (Å²) in [6, 6.07) is 1.35. The molecule has 7 nitrogen and oxygen atoms in total. The van der Waals surface area contributed by atoms with Crippen molar-refractivity contribution in [2.45, 2.75) is 43.9 Å². The summed E-state index contributed by atoms with van der Waals surface area (Å²) >= 11 is 5.55. The van der Waals surface area contributed by atoms with Crippen molar-refractivity contribution in [1.82, 2.24) is 15.2 Å². The fourth-order valence-electron chi connectivity index (χ4n) is 4.64. The van der Waals surface area contributed by atoms with E-state index in [9.17, 15) is 22.8 Å². The first-order valence-corrected chi connectivity index (χ1v) is 10.8. The molecule has 1 aromatic heterocycles. The highest BCUT2D eigenvalue weighted by Crippen LogP contribution is 2.49. The molecule has 4 rings (SSSR count). The molecule has 2 atom stereocenters. The van der Waals surface area contributed by atoms with Crippen LogP contribution >= 0.6 is 12.2 Å². The number of likely N-dealkylation sites (N-methyl/N-ethyl adjacent to an activating group) is 1. The molecule has 1 aromatic rings. The van der Waals surface area contributed by atoms with Gasteiger partial charge in [0.15, 0.2) is 10.8 Å². The summed E-state index contributed by atoms with van der Waals surface area (Å²) in [5, 5.41) is 11.3. The SMILES string of the molecule is CNC(=O)C1=C(F)[C@H](C)C(N2C(=S)N(c3cnc(C#N)c(C(F)(F)F)c3)C(=O)C23CCC3)C=C1. The zero-order valence-corrected chi connectivity index (χ0v) is 18.9. The van der Waals surface area contributed by atoms with Crippen LogP contribution in [0.2, 0.25) is 0 Å². The van der Waals surface area contributed by atoms with Gasteiger partial charge in [0.25, 0.3) is 11.8 Å². The molecule has 1 N–H and O–H groups in total. The fourth-order valence-corrected chi connectivity index (χ4v) is 5.13. The van der Waals surface area contributed by atoms with Gasteiger partial charge in [-0.15, -0.1) is 0 Å². The number of carbonyl (C=O) groups excluding carboxylic acids is 2. The maximum absolute atomic E-state index is 15.1. The van der Waals surface area contributed by atoms with Crippen LogP contribution in [0.25, 0.3) is 0 Å². The highest BCUT2D eigenvalue weighted by molar-refractivity contribution is 7.80. The Labute approximate surface area is 197 Å². The smallest absolute Gasteiger partial charge is 0.355 e. The number of nitrogens with zero attached hydrogens (tertiary/aromatic N) is 4. The largest absolute Gasteiger partial charge is 0.419 e. The molecule has 0 aromatic carbocycles. The Balaban J connectivity index is 1.76. The number of hydrogen-bond acceptors (Lipinski definition) is 5. The Morgan fingerprint density at radius 3 is 2.59 bits per heavy atom. The van der Waals surface area contributed by atoms with Gasteiger partial charge in [-0.25, -0.2) is 9.37 Å². The summed E-state index contributed by atoms with van der Waals surface area (Å²) in [5.41, 5.74) is -3.57. The molecule has 2 heterocycles. The van der Waals surface area contributed by atoms with Crippen LogP contribution in [0.3, 0.4) is 0 Å². The van der Waals surface area contributed by atoms with Gasteiger partial charge in [0.1, 0.15) is 17.4 Å². The first-order chi connectivity index (χ1) is 16.0. The van der Waals surface area contributed by atoms with Crippen LogP contribution in [0.15, 0.2) is 35.8 Å². The molecule has 2 fully saturated rings. The molecule has 0 bridgehead atoms. The summed E-state index contributed by atoms with van der Waals surface area (Å²) < 4.78 is 55.6. The van der Waals surface area contributed by atoms with E-state index in [0.717, 1.165) is 11.1 Å². The summed E-state index contributed by atoms with van der Waals surface area (Å²) in [4.78, 5) is 31.6. The van der Waals surface area contributed by atoms with Crippen molar-refractivity contribution in [3.8, 4) is 6.07 Å². The molecule has 1 spiro atoms. The molecule has 12 heteroatoms. The first kappa shape index (κ1) is 23.8. The van der Waals surface area contributed by atoms with Crippen LogP contribution in [-0.2, 0) is 15.8 Å². The van der Waals surface area contributed by atoms with Crippen LogP contribution in [0.4, 0.5) is 23.2 Å². The maximum Gasteiger partial charge on any atom is 0.419 e. The second kappa shape index (κ2) is 8.16. The zero-order valence-electron chi connectivity index (χ0n) is 18.1. The minimum absolute atomic E-state index is 0.0815. The lowest BCUT2D eigenvalue weighted by atomic mass is 9.73. The van der Waals surface area contributed by atoms with E-state index in [2.05, 4.69) is 10.3 Å². The second-order valence-electron chi connectivity index (χ2n) is 8.36. The maximum atomic E-state index is 15.1. The Kier molecular flexibility index (Phi) is 5.72. The number of amides is 2. The molecule has 3 aliphatic rings. The predicted octanol–water partition coefficient (Wildman–Crippen LogP) is 3.37. The van der Waals surface area contributed by atoms with Crippen molar-refractivity contribution >= 4 is 34.8 Å². The minimum atomic E-state index is -4.86. The number of carbonyl (C=O) groups is 2. The van der Waals surface area contributed by atoms with E-state index >= 15 is 4.39 Å². The summed E-state index contributed by atoms with van der Waals surface area (Å²) in [6.45, 7) is 1.56. The van der Waals surface area contributed by atoms with Gasteiger partial charge in [-0.05, 0) is 43.6 Å². The number of anilines is 1. The molecule has 1 saturated carbocycles. The van der Waals surface area contributed by atoms with Crippen LogP contribution in [0.1, 0.15) is 37.4 Å². The number of halogens is 4. The lowest BCUT2D eigenvalue weighted by Gasteiger charge is -2.48. The van der Waals surface area contributed by atoms with Crippen molar-refractivity contribution in [3.63, 3.8) is 0 Å². The monoisotopic (exact) mass is 493 g/mol. The van der Waals surface area contributed by atoms with E-state index in [0.29, 0.717) is 25.3 Å². The number of nitrogens with one attached hydrogen (secondary N) is 1. The van der Waals surface area contributed by atoms with Crippen molar-refractivity contribution < 1.29 is 27.2 Å². The summed E-state index contributed by atoms with van der Waals surface area (Å²) in [5.74, 6) is -2.63. The van der Waals surface area contributed by atoms with Crippen molar-refractivity contribution in [1.29, 1.82) is 5.26 Å². The highest BCUT2D eigenvalue weighted by Gasteiger charge is 2.61. The molecule has 0 radical (unpaired) electrons. The van der Waals surface area contributed by atoms with Gasteiger partial charge in [-0.2, -0.15) is 18.4 Å². The number of rotatable bonds is 3. The van der Waals surface area contributed by atoms with E-state index in [1.807, 2.05) is 0 Å². The molecule has 34 heavy (non-hydrogen) atoms. The second-order valence-corrected chi connectivity index (χ2v) is 8.72. The van der Waals surface area contributed by atoms with Gasteiger partial charge in [0.2, 0.25) is 0 Å². The molecular weight excluding hydrogens is 474 g/mol. The third-order valence-electron chi connectivity index (χ3n) is 6.58. The molecule has 2 amide bonds. The number of aromatic nitrogens is 1. The Hall–Kier alpha value is -3.33. The molecule has 1 saturated heterocycles. The predicted molar refractivity (Wildman–Crippen MR) is 117 cm³/mol. The van der Waals surface area contributed by atoms with Gasteiger partial charge in [0, 0.05) is 13.0 Å². The lowest BCUT2D eigenvalue weighted by molar-refractivity contribution is -0.138. The summed E-state index contributed by atoms with van der Waals surface area (Å²) in [7, 11) is 1.38. The van der Waals surface area contributed by atoms with E-state index in [4.69, 9.17) is 17.5 Å². The average Bonchev–Trinajstić information content (AvgIpc) is 3.00. The lowest BCUT2D eigenvalue weighted by Crippen LogP contribution is -2.59. The molecular formula is C22H19F4N5O2S. The normalized spacial score (nSPS) is 23.9. The first-order valence-electron chi connectivity index (χ1n) is 10.4. The number of alkyl halides is 3. The minimum Gasteiger partial charge on any atom is -0.355 e. The topological polar surface area (TPSA) is 89.3 Å². The van der Waals surface area contributed by atoms with E-state index < -0.39 is 52.6 Å². The van der Waals surface area contributed by atoms with Crippen LogP contribution < -0.4 is 10.2 Å². The number of hydrogen-bond donors (Lipinski definition) is 1. The third-order valence-corrected chi connectivity index (χ3v) is 6.96. The van der Waals surface area contributed by atoms with Crippen LogP contribution in [0.5, 0.6) is 0 Å². The standard InChI is InChI=1S/C22H19F4N5O2S/c1-11-16(5-4-13(17(11)23)18(32)28-2)31-20(34)30(19(33)21(31)6-3-7-21)12-8-14(22(24,25)26)15(9-27)29-10-12/h4-5,8,10-11,16H,3,6-7H2,1-2H3,(H,28,32)/t11-,16?/m1/s1. The van der Waals surface area contributed by atoms with Crippen molar-refractivity contribution in [2.24, 2.45) is 5.92 Å². The Bertz CT molecular complexity index is 1200. The van der Waals surface area contributed by atoms with E-state index in [1.54, 1.807) is 17.9 Å². The van der Waals surface area contributed by atoms with Gasteiger partial charge >= 0.3 is 6.18 Å². The number of thiocarbonyl (C=S) groups is 1. The van der Waals surface area contributed by atoms with Crippen molar-refractivity contribution in [2.75, 3.05) is 11.9 Å². The Morgan fingerprint density at radius 2 is 2.06 bits per heavy atom. The number of nitriles is 1. The molecule has 1 aliphatic heterocycles. The molecule has 2 aliphatic carbocycles. The average molecular weight is 493 g/mol. The van der Waals surface area contributed by atoms with Crippen LogP contribution in [-0.4, -0.2) is 45.4 Å². The summed E-state index contributed by atoms with van der Waals surface area (Å²) in [6.07, 6.45) is 0.512. The molecule has 1 unspecified atom stereocenters. The fraction of sp³-hybridized carbons (Fsp3) is 0.409. The van der Waals surface area contributed by atoms with E-state index in [-0.39, 0.29) is 16.4 Å². The van der Waals surface area contributed by atoms with Gasteiger partial charge in [-0.3, -0.25) is 14.5 Å². The van der Waals surface area contributed by atoms with Crippen LogP contribution in [0, 0.1) is 17.2 Å². The molecule has 178 valence electrons. The quantitative estimate of drug-likeness (QED) is 0.513. The number of pyridine rings is 1. The van der Waals surface area contributed by atoms with Gasteiger partial charge in [-0.1, -0.05) is 13.0 Å². The zero-order chi connectivity index (χ0) is 25.0. The third kappa shape index (κ3) is 3.37. The Morgan fingerprint density at radius 1 is 1.38 bits per heavy atom. The highest BCUT2D eigenvalue weighted by atomic mass is 32.1.